The van der Waals surface area contributed by atoms with E-state index in [4.69, 9.17) is 4.74 Å². The number of hydrogen-bond donors (Lipinski definition) is 0. The Bertz CT molecular complexity index is 958. The molecule has 0 spiro atoms. The molecule has 4 rings (SSSR count). The Balaban J connectivity index is 1.31. The largest absolute Gasteiger partial charge is 0.493 e. The minimum absolute atomic E-state index is 0.0577. The number of ether oxygens (including phenoxy) is 1. The average molecular weight is 443 g/mol. The van der Waals surface area contributed by atoms with E-state index in [-0.39, 0.29) is 17.4 Å². The third-order valence-corrected chi connectivity index (χ3v) is 6.20. The first-order chi connectivity index (χ1) is 15.5. The highest BCUT2D eigenvalue weighted by molar-refractivity contribution is 5.95. The second kappa shape index (κ2) is 10.1. The zero-order valence-electron chi connectivity index (χ0n) is 18.1. The van der Waals surface area contributed by atoms with E-state index in [1.165, 1.54) is 6.42 Å². The average Bonchev–Trinajstić information content (AvgIpc) is 2.84. The number of amides is 2. The summed E-state index contributed by atoms with van der Waals surface area (Å²) in [5, 5.41) is 0. The summed E-state index contributed by atoms with van der Waals surface area (Å²) in [5.41, 5.74) is 0.423. The van der Waals surface area contributed by atoms with Gasteiger partial charge in [-0.05, 0) is 74.6 Å². The number of hydrogen-bond acceptors (Lipinski definition) is 3. The molecule has 2 aromatic rings. The fraction of sp³-hybridized carbons (Fsp3) is 0.440. The standard InChI is InChI=1S/C25H28F2N2O3/c26-20-8-11-23(27)22(15-20)25(31)29-14-4-5-18(16-29)17-32-21-9-6-19(7-10-21)24(30)28-12-2-1-3-13-28/h6-11,15,18H,1-5,12-14,16-17H2. The Morgan fingerprint density at radius 1 is 0.875 bits per heavy atom. The first-order valence-corrected chi connectivity index (χ1v) is 11.3. The second-order valence-electron chi connectivity index (χ2n) is 8.57. The SMILES string of the molecule is O=C(c1ccc(OCC2CCCN(C(=O)c3cc(F)ccc3F)C2)cc1)N1CCCCC1. The van der Waals surface area contributed by atoms with Gasteiger partial charge in [0.1, 0.15) is 17.4 Å². The maximum atomic E-state index is 14.0. The predicted octanol–water partition coefficient (Wildman–Crippen LogP) is 4.52. The fourth-order valence-electron chi connectivity index (χ4n) is 4.40. The monoisotopic (exact) mass is 442 g/mol. The molecule has 2 fully saturated rings. The van der Waals surface area contributed by atoms with Gasteiger partial charge < -0.3 is 14.5 Å². The van der Waals surface area contributed by atoms with Gasteiger partial charge in [-0.1, -0.05) is 0 Å². The minimum atomic E-state index is -0.714. The van der Waals surface area contributed by atoms with Crippen molar-refractivity contribution in [2.75, 3.05) is 32.8 Å². The molecule has 0 radical (unpaired) electrons. The van der Waals surface area contributed by atoms with E-state index in [2.05, 4.69) is 0 Å². The molecule has 1 atom stereocenters. The molecule has 2 aliphatic heterocycles. The number of benzene rings is 2. The summed E-state index contributed by atoms with van der Waals surface area (Å²) in [4.78, 5) is 28.7. The number of rotatable bonds is 5. The van der Waals surface area contributed by atoms with Gasteiger partial charge in [-0.15, -0.1) is 0 Å². The Kier molecular flexibility index (Phi) is 7.02. The summed E-state index contributed by atoms with van der Waals surface area (Å²) in [6, 6.07) is 10.1. The van der Waals surface area contributed by atoms with E-state index in [1.807, 2.05) is 4.90 Å². The van der Waals surface area contributed by atoms with Crippen molar-refractivity contribution in [3.63, 3.8) is 0 Å². The van der Waals surface area contributed by atoms with Gasteiger partial charge in [0.2, 0.25) is 0 Å². The van der Waals surface area contributed by atoms with Crippen LogP contribution in [0, 0.1) is 17.6 Å². The number of nitrogens with zero attached hydrogens (tertiary/aromatic N) is 2. The van der Waals surface area contributed by atoms with Crippen LogP contribution in [-0.2, 0) is 0 Å². The minimum Gasteiger partial charge on any atom is -0.493 e. The highest BCUT2D eigenvalue weighted by Crippen LogP contribution is 2.22. The Labute approximate surface area is 187 Å². The topological polar surface area (TPSA) is 49.9 Å². The van der Waals surface area contributed by atoms with Gasteiger partial charge in [-0.25, -0.2) is 8.78 Å². The van der Waals surface area contributed by atoms with Crippen LogP contribution in [0.1, 0.15) is 52.8 Å². The number of likely N-dealkylation sites (tertiary alicyclic amines) is 2. The maximum Gasteiger partial charge on any atom is 0.256 e. The number of piperidine rings is 2. The lowest BCUT2D eigenvalue weighted by Crippen LogP contribution is -2.42. The molecule has 2 heterocycles. The summed E-state index contributed by atoms with van der Waals surface area (Å²) in [6.45, 7) is 2.98. The van der Waals surface area contributed by atoms with Crippen LogP contribution in [0.2, 0.25) is 0 Å². The molecular weight excluding hydrogens is 414 g/mol. The van der Waals surface area contributed by atoms with Crippen molar-refractivity contribution in [2.45, 2.75) is 32.1 Å². The van der Waals surface area contributed by atoms with Crippen LogP contribution in [-0.4, -0.2) is 54.4 Å². The molecule has 0 N–H and O–H groups in total. The van der Waals surface area contributed by atoms with Crippen molar-refractivity contribution in [3.05, 3.63) is 65.2 Å². The Hall–Kier alpha value is -2.96. The van der Waals surface area contributed by atoms with Crippen LogP contribution in [0.25, 0.3) is 0 Å². The third kappa shape index (κ3) is 5.26. The number of halogens is 2. The van der Waals surface area contributed by atoms with E-state index in [1.54, 1.807) is 29.2 Å². The summed E-state index contributed by atoms with van der Waals surface area (Å²) < 4.78 is 33.4. The molecule has 0 bridgehead atoms. The van der Waals surface area contributed by atoms with Gasteiger partial charge in [0.25, 0.3) is 11.8 Å². The van der Waals surface area contributed by atoms with Crippen molar-refractivity contribution < 1.29 is 23.1 Å². The lowest BCUT2D eigenvalue weighted by molar-refractivity contribution is 0.0628. The molecule has 0 aliphatic carbocycles. The van der Waals surface area contributed by atoms with Crippen LogP contribution in [0.4, 0.5) is 8.78 Å². The van der Waals surface area contributed by atoms with E-state index in [9.17, 15) is 18.4 Å². The highest BCUT2D eigenvalue weighted by atomic mass is 19.1. The summed E-state index contributed by atoms with van der Waals surface area (Å²) in [6.07, 6.45) is 4.96. The van der Waals surface area contributed by atoms with E-state index >= 15 is 0 Å². The third-order valence-electron chi connectivity index (χ3n) is 6.20. The summed E-state index contributed by atoms with van der Waals surface area (Å²) in [7, 11) is 0. The van der Waals surface area contributed by atoms with E-state index in [0.717, 1.165) is 57.0 Å². The first kappa shape index (κ1) is 22.2. The fourth-order valence-corrected chi connectivity index (χ4v) is 4.40. The highest BCUT2D eigenvalue weighted by Gasteiger charge is 2.27. The molecule has 2 aromatic carbocycles. The number of carbonyl (C=O) groups excluding carboxylic acids is 2. The molecule has 0 saturated carbocycles. The maximum absolute atomic E-state index is 14.0. The van der Waals surface area contributed by atoms with E-state index in [0.29, 0.717) is 31.0 Å². The Morgan fingerprint density at radius 3 is 2.34 bits per heavy atom. The smallest absolute Gasteiger partial charge is 0.256 e. The van der Waals surface area contributed by atoms with Crippen molar-refractivity contribution in [1.82, 2.24) is 9.80 Å². The molecule has 5 nitrogen and oxygen atoms in total. The zero-order valence-corrected chi connectivity index (χ0v) is 18.1. The molecule has 32 heavy (non-hydrogen) atoms. The second-order valence-corrected chi connectivity index (χ2v) is 8.57. The van der Waals surface area contributed by atoms with Crippen molar-refractivity contribution in [1.29, 1.82) is 0 Å². The Morgan fingerprint density at radius 2 is 1.59 bits per heavy atom. The van der Waals surface area contributed by atoms with Crippen molar-refractivity contribution in [2.24, 2.45) is 5.92 Å². The van der Waals surface area contributed by atoms with Crippen LogP contribution in [0.3, 0.4) is 0 Å². The van der Waals surface area contributed by atoms with Crippen LogP contribution >= 0.6 is 0 Å². The molecule has 0 aromatic heterocycles. The molecule has 7 heteroatoms. The van der Waals surface area contributed by atoms with Gasteiger partial charge in [-0.2, -0.15) is 0 Å². The first-order valence-electron chi connectivity index (χ1n) is 11.3. The van der Waals surface area contributed by atoms with Crippen molar-refractivity contribution >= 4 is 11.8 Å². The van der Waals surface area contributed by atoms with E-state index < -0.39 is 17.5 Å². The lowest BCUT2D eigenvalue weighted by atomic mass is 9.98. The molecule has 170 valence electrons. The van der Waals surface area contributed by atoms with Gasteiger partial charge in [0.15, 0.2) is 0 Å². The van der Waals surface area contributed by atoms with Crippen LogP contribution in [0.5, 0.6) is 5.75 Å². The van der Waals surface area contributed by atoms with Gasteiger partial charge >= 0.3 is 0 Å². The quantitative estimate of drug-likeness (QED) is 0.684. The van der Waals surface area contributed by atoms with Crippen molar-refractivity contribution in [3.8, 4) is 5.75 Å². The van der Waals surface area contributed by atoms with Gasteiger partial charge in [0, 0.05) is 37.7 Å². The molecule has 1 unspecified atom stereocenters. The molecular formula is C25H28F2N2O3. The normalized spacial score (nSPS) is 19.0. The number of carbonyl (C=O) groups is 2. The van der Waals surface area contributed by atoms with Crippen LogP contribution < -0.4 is 4.74 Å². The summed E-state index contributed by atoms with van der Waals surface area (Å²) >= 11 is 0. The summed E-state index contributed by atoms with van der Waals surface area (Å²) in [5.74, 6) is -1.02. The molecule has 2 aliphatic rings. The van der Waals surface area contributed by atoms with Gasteiger partial charge in [-0.3, -0.25) is 9.59 Å². The molecule has 2 saturated heterocycles. The van der Waals surface area contributed by atoms with Gasteiger partial charge in [0.05, 0.1) is 12.2 Å². The zero-order chi connectivity index (χ0) is 22.5. The predicted molar refractivity (Wildman–Crippen MR) is 117 cm³/mol. The lowest BCUT2D eigenvalue weighted by Gasteiger charge is -2.32. The molecule has 2 amide bonds. The van der Waals surface area contributed by atoms with Crippen LogP contribution in [0.15, 0.2) is 42.5 Å².